The SMILES string of the molecule is CCN(c1nc(CNC)co1)C1CCCCC1. The third kappa shape index (κ3) is 3.00. The molecule has 4 heteroatoms. The van der Waals surface area contributed by atoms with E-state index >= 15 is 0 Å². The molecule has 0 radical (unpaired) electrons. The Bertz CT molecular complexity index is 331. The molecule has 1 aliphatic carbocycles. The van der Waals surface area contributed by atoms with Crippen molar-refractivity contribution in [1.82, 2.24) is 10.3 Å². The standard InChI is InChI=1S/C13H23N3O/c1-3-16(12-7-5-4-6-8-12)13-15-11(9-14-2)10-17-13/h10,12,14H,3-9H2,1-2H3. The van der Waals surface area contributed by atoms with Crippen LogP contribution in [0.25, 0.3) is 0 Å². The Morgan fingerprint density at radius 1 is 1.41 bits per heavy atom. The fraction of sp³-hybridized carbons (Fsp3) is 0.769. The first-order valence-electron chi connectivity index (χ1n) is 6.70. The van der Waals surface area contributed by atoms with Gasteiger partial charge >= 0.3 is 0 Å². The van der Waals surface area contributed by atoms with Gasteiger partial charge in [0.25, 0.3) is 6.01 Å². The zero-order valence-corrected chi connectivity index (χ0v) is 10.9. The van der Waals surface area contributed by atoms with Crippen molar-refractivity contribution in [2.75, 3.05) is 18.5 Å². The summed E-state index contributed by atoms with van der Waals surface area (Å²) >= 11 is 0. The minimum absolute atomic E-state index is 0.620. The fourth-order valence-electron chi connectivity index (χ4n) is 2.63. The predicted octanol–water partition coefficient (Wildman–Crippen LogP) is 2.55. The molecule has 0 aliphatic heterocycles. The Balaban J connectivity index is 2.04. The largest absolute Gasteiger partial charge is 0.432 e. The molecule has 1 N–H and O–H groups in total. The van der Waals surface area contributed by atoms with E-state index in [0.717, 1.165) is 24.8 Å². The van der Waals surface area contributed by atoms with E-state index in [2.05, 4.69) is 22.1 Å². The highest BCUT2D eigenvalue weighted by Crippen LogP contribution is 2.26. The lowest BCUT2D eigenvalue weighted by molar-refractivity contribution is 0.394. The van der Waals surface area contributed by atoms with Crippen LogP contribution in [0.3, 0.4) is 0 Å². The van der Waals surface area contributed by atoms with Crippen LogP contribution in [0.2, 0.25) is 0 Å². The molecule has 1 fully saturated rings. The molecule has 0 atom stereocenters. The van der Waals surface area contributed by atoms with Crippen LogP contribution < -0.4 is 10.2 Å². The van der Waals surface area contributed by atoms with Crippen LogP contribution in [0.15, 0.2) is 10.7 Å². The van der Waals surface area contributed by atoms with Gasteiger partial charge in [0.05, 0.1) is 5.69 Å². The Labute approximate surface area is 103 Å². The minimum Gasteiger partial charge on any atom is -0.432 e. The summed E-state index contributed by atoms with van der Waals surface area (Å²) in [5.74, 6) is 0. The molecule has 1 aromatic rings. The average Bonchev–Trinajstić information content (AvgIpc) is 2.81. The number of nitrogens with one attached hydrogen (secondary N) is 1. The number of anilines is 1. The van der Waals surface area contributed by atoms with Gasteiger partial charge in [0.15, 0.2) is 0 Å². The number of rotatable bonds is 5. The maximum atomic E-state index is 5.60. The molecule has 0 amide bonds. The monoisotopic (exact) mass is 237 g/mol. The third-order valence-corrected chi connectivity index (χ3v) is 3.50. The summed E-state index contributed by atoms with van der Waals surface area (Å²) < 4.78 is 5.60. The first-order chi connectivity index (χ1) is 8.35. The van der Waals surface area contributed by atoms with Gasteiger partial charge in [0.2, 0.25) is 0 Å². The molecule has 4 nitrogen and oxygen atoms in total. The number of oxazole rings is 1. The van der Waals surface area contributed by atoms with Crippen LogP contribution in [0, 0.1) is 0 Å². The molecule has 0 aromatic carbocycles. The smallest absolute Gasteiger partial charge is 0.297 e. The zero-order chi connectivity index (χ0) is 12.1. The fourth-order valence-corrected chi connectivity index (χ4v) is 2.63. The maximum absolute atomic E-state index is 5.60. The lowest BCUT2D eigenvalue weighted by Gasteiger charge is -2.32. The van der Waals surface area contributed by atoms with Gasteiger partial charge in [-0.05, 0) is 26.8 Å². The van der Waals surface area contributed by atoms with E-state index in [4.69, 9.17) is 4.42 Å². The summed E-state index contributed by atoms with van der Waals surface area (Å²) in [6, 6.07) is 1.42. The summed E-state index contributed by atoms with van der Waals surface area (Å²) in [5, 5.41) is 3.09. The highest BCUT2D eigenvalue weighted by Gasteiger charge is 2.23. The number of hydrogen-bond donors (Lipinski definition) is 1. The highest BCUT2D eigenvalue weighted by atomic mass is 16.4. The molecular formula is C13H23N3O. The van der Waals surface area contributed by atoms with Crippen LogP contribution in [-0.2, 0) is 6.54 Å². The first-order valence-corrected chi connectivity index (χ1v) is 6.70. The Morgan fingerprint density at radius 3 is 2.82 bits per heavy atom. The molecule has 1 aliphatic rings. The van der Waals surface area contributed by atoms with Gasteiger partial charge in [0, 0.05) is 19.1 Å². The second-order valence-corrected chi connectivity index (χ2v) is 4.73. The summed E-state index contributed by atoms with van der Waals surface area (Å²) in [5.41, 5.74) is 0.983. The number of hydrogen-bond acceptors (Lipinski definition) is 4. The van der Waals surface area contributed by atoms with Crippen molar-refractivity contribution in [1.29, 1.82) is 0 Å². The lowest BCUT2D eigenvalue weighted by atomic mass is 9.94. The van der Waals surface area contributed by atoms with Crippen LogP contribution in [0.1, 0.15) is 44.7 Å². The average molecular weight is 237 g/mol. The second-order valence-electron chi connectivity index (χ2n) is 4.73. The molecule has 0 unspecified atom stereocenters. The van der Waals surface area contributed by atoms with Crippen molar-refractivity contribution in [2.24, 2.45) is 0 Å². The second kappa shape index (κ2) is 6.05. The van der Waals surface area contributed by atoms with E-state index in [9.17, 15) is 0 Å². The van der Waals surface area contributed by atoms with Gasteiger partial charge in [-0.1, -0.05) is 19.3 Å². The van der Waals surface area contributed by atoms with E-state index in [1.807, 2.05) is 7.05 Å². The Morgan fingerprint density at radius 2 is 2.18 bits per heavy atom. The van der Waals surface area contributed by atoms with E-state index in [1.165, 1.54) is 32.1 Å². The van der Waals surface area contributed by atoms with Crippen molar-refractivity contribution in [3.05, 3.63) is 12.0 Å². The molecule has 96 valence electrons. The van der Waals surface area contributed by atoms with E-state index in [1.54, 1.807) is 6.26 Å². The minimum atomic E-state index is 0.620. The summed E-state index contributed by atoms with van der Waals surface area (Å²) in [4.78, 5) is 6.86. The lowest BCUT2D eigenvalue weighted by Crippen LogP contribution is -2.36. The summed E-state index contributed by atoms with van der Waals surface area (Å²) in [7, 11) is 1.92. The van der Waals surface area contributed by atoms with E-state index < -0.39 is 0 Å². The van der Waals surface area contributed by atoms with Crippen LogP contribution >= 0.6 is 0 Å². The van der Waals surface area contributed by atoms with Gasteiger partial charge < -0.3 is 14.6 Å². The zero-order valence-electron chi connectivity index (χ0n) is 10.9. The van der Waals surface area contributed by atoms with Crippen LogP contribution in [-0.4, -0.2) is 24.6 Å². The van der Waals surface area contributed by atoms with E-state index in [0.29, 0.717) is 6.04 Å². The summed E-state index contributed by atoms with van der Waals surface area (Å²) in [6.45, 7) is 3.92. The van der Waals surface area contributed by atoms with Gasteiger partial charge in [-0.25, -0.2) is 0 Å². The Hall–Kier alpha value is -1.03. The number of nitrogens with zero attached hydrogens (tertiary/aromatic N) is 2. The molecule has 1 saturated carbocycles. The van der Waals surface area contributed by atoms with Crippen LogP contribution in [0.4, 0.5) is 6.01 Å². The molecule has 0 saturated heterocycles. The molecular weight excluding hydrogens is 214 g/mol. The maximum Gasteiger partial charge on any atom is 0.297 e. The van der Waals surface area contributed by atoms with Crippen molar-refractivity contribution in [3.63, 3.8) is 0 Å². The molecule has 0 spiro atoms. The van der Waals surface area contributed by atoms with Crippen molar-refractivity contribution >= 4 is 6.01 Å². The number of aromatic nitrogens is 1. The quantitative estimate of drug-likeness (QED) is 0.854. The van der Waals surface area contributed by atoms with Crippen molar-refractivity contribution < 1.29 is 4.42 Å². The van der Waals surface area contributed by atoms with Crippen molar-refractivity contribution in [2.45, 2.75) is 51.6 Å². The molecule has 17 heavy (non-hydrogen) atoms. The van der Waals surface area contributed by atoms with E-state index in [-0.39, 0.29) is 0 Å². The topological polar surface area (TPSA) is 41.3 Å². The van der Waals surface area contributed by atoms with Gasteiger partial charge in [0.1, 0.15) is 6.26 Å². The first kappa shape index (κ1) is 12.4. The molecule has 1 heterocycles. The third-order valence-electron chi connectivity index (χ3n) is 3.50. The van der Waals surface area contributed by atoms with Crippen LogP contribution in [0.5, 0.6) is 0 Å². The molecule has 2 rings (SSSR count). The van der Waals surface area contributed by atoms with Crippen molar-refractivity contribution in [3.8, 4) is 0 Å². The van der Waals surface area contributed by atoms with Gasteiger partial charge in [-0.2, -0.15) is 4.98 Å². The Kier molecular flexibility index (Phi) is 4.42. The predicted molar refractivity (Wildman–Crippen MR) is 69.2 cm³/mol. The van der Waals surface area contributed by atoms with Gasteiger partial charge in [-0.15, -0.1) is 0 Å². The van der Waals surface area contributed by atoms with Gasteiger partial charge in [-0.3, -0.25) is 0 Å². The molecule has 0 bridgehead atoms. The normalized spacial score (nSPS) is 17.3. The molecule has 1 aromatic heterocycles. The summed E-state index contributed by atoms with van der Waals surface area (Å²) in [6.07, 6.45) is 8.37. The highest BCUT2D eigenvalue weighted by molar-refractivity contribution is 5.29.